The number of phenols is 1. The van der Waals surface area contributed by atoms with E-state index in [2.05, 4.69) is 5.32 Å². The number of nitrogens with two attached hydrogens (primary N) is 1. The van der Waals surface area contributed by atoms with E-state index in [1.165, 1.54) is 6.07 Å². The van der Waals surface area contributed by atoms with Crippen molar-refractivity contribution in [2.75, 3.05) is 24.3 Å². The highest BCUT2D eigenvalue weighted by atomic mass is 16.6. The fourth-order valence-corrected chi connectivity index (χ4v) is 6.20. The highest BCUT2D eigenvalue weighted by Crippen LogP contribution is 2.53. The first-order valence-corrected chi connectivity index (χ1v) is 12.7. The molecule has 2 aromatic rings. The molecule has 1 saturated carbocycles. The third kappa shape index (κ3) is 4.07. The second-order valence-electron chi connectivity index (χ2n) is 10.6. The van der Waals surface area contributed by atoms with Gasteiger partial charge in [-0.3, -0.25) is 19.7 Å². The molecule has 12 nitrogen and oxygen atoms in total. The molecule has 5 rings (SSSR count). The van der Waals surface area contributed by atoms with Crippen molar-refractivity contribution in [1.29, 1.82) is 0 Å². The molecule has 7 N–H and O–H groups in total. The first-order valence-electron chi connectivity index (χ1n) is 12.7. The Labute approximate surface area is 228 Å². The number of carbonyl (C=O) groups is 4. The van der Waals surface area contributed by atoms with Crippen LogP contribution in [0, 0.1) is 17.8 Å². The number of anilines is 2. The zero-order valence-corrected chi connectivity index (χ0v) is 21.7. The fourth-order valence-electron chi connectivity index (χ4n) is 6.20. The second kappa shape index (κ2) is 9.65. The average molecular weight is 552 g/mol. The molecule has 2 amide bonds. The number of hydrogen-bond donors (Lipinski definition) is 6. The van der Waals surface area contributed by atoms with Gasteiger partial charge in [0.05, 0.1) is 17.4 Å². The number of allylic oxidation sites excluding steroid dienone is 1. The molecule has 3 aliphatic rings. The molecule has 0 saturated heterocycles. The Morgan fingerprint density at radius 3 is 2.42 bits per heavy atom. The van der Waals surface area contributed by atoms with Gasteiger partial charge >= 0.3 is 6.09 Å². The van der Waals surface area contributed by atoms with Crippen molar-refractivity contribution in [1.82, 2.24) is 0 Å². The number of nitrogens with one attached hydrogen (secondary N) is 1. The minimum atomic E-state index is -2.60. The van der Waals surface area contributed by atoms with Crippen molar-refractivity contribution in [3.8, 4) is 11.5 Å². The molecule has 12 heteroatoms. The van der Waals surface area contributed by atoms with Gasteiger partial charge in [-0.05, 0) is 48.9 Å². The van der Waals surface area contributed by atoms with Gasteiger partial charge in [-0.15, -0.1) is 0 Å². The number of primary amides is 1. The Bertz CT molecular complexity index is 1470. The van der Waals surface area contributed by atoms with E-state index in [9.17, 15) is 39.6 Å². The number of Topliss-reactive ketones (excluding diaryl/α,β-unsaturated/α-hetero) is 2. The van der Waals surface area contributed by atoms with E-state index in [4.69, 9.17) is 10.5 Å². The van der Waals surface area contributed by atoms with Crippen molar-refractivity contribution >= 4 is 34.9 Å². The van der Waals surface area contributed by atoms with Gasteiger partial charge in [0.15, 0.2) is 22.9 Å². The number of aliphatic hydroxyl groups is 3. The van der Waals surface area contributed by atoms with Crippen molar-refractivity contribution < 1.29 is 44.3 Å². The number of ketones is 2. The molecule has 0 spiro atoms. The van der Waals surface area contributed by atoms with Crippen LogP contribution >= 0.6 is 0 Å². The fraction of sp³-hybridized carbons (Fsp3) is 0.357. The minimum absolute atomic E-state index is 0.0480. The second-order valence-corrected chi connectivity index (χ2v) is 10.6. The molecule has 210 valence electrons. The Hall–Kier alpha value is -4.42. The summed E-state index contributed by atoms with van der Waals surface area (Å²) in [6.45, 7) is 0. The van der Waals surface area contributed by atoms with E-state index in [1.54, 1.807) is 49.3 Å². The molecular formula is C28H29N3O9. The zero-order chi connectivity index (χ0) is 29.1. The van der Waals surface area contributed by atoms with Crippen LogP contribution < -0.4 is 20.7 Å². The number of amides is 2. The summed E-state index contributed by atoms with van der Waals surface area (Å²) in [5.74, 6) is -7.81. The van der Waals surface area contributed by atoms with E-state index in [0.29, 0.717) is 11.3 Å². The number of para-hydroxylation sites is 1. The summed E-state index contributed by atoms with van der Waals surface area (Å²) in [4.78, 5) is 53.2. The van der Waals surface area contributed by atoms with Crippen LogP contribution in [-0.4, -0.2) is 69.8 Å². The van der Waals surface area contributed by atoms with Crippen LogP contribution in [-0.2, 0) is 16.0 Å². The SMILES string of the molecule is CN(C)c1cc(NC(=O)Oc2ccccc2)c(O)c2c1C[C@H]1C[C@H]3CC(O)C(C(N)=O)C(=O)[C@@]3(O)C(O)=C1C2=O. The normalized spacial score (nSPS) is 27.3. The lowest BCUT2D eigenvalue weighted by molar-refractivity contribution is -0.167. The van der Waals surface area contributed by atoms with Gasteiger partial charge in [0.25, 0.3) is 0 Å². The lowest BCUT2D eigenvalue weighted by atomic mass is 9.58. The Morgan fingerprint density at radius 2 is 1.80 bits per heavy atom. The number of rotatable bonds is 4. The number of fused-ring (bicyclic) bond motifs is 3. The molecule has 0 heterocycles. The van der Waals surface area contributed by atoms with Gasteiger partial charge in [0.1, 0.15) is 17.4 Å². The standard InChI is InChI=1S/C28H29N3O9/c1-31(2)17-11-16(30-27(38)40-14-6-4-3-5-7-14)22(33)20-15(17)9-12-8-13-10-18(32)21(26(29)37)25(36)28(13,39)24(35)19(12)23(20)34/h3-7,11-13,18,21,32-33,35,39H,8-10H2,1-2H3,(H2,29,37)(H,30,38)/t12-,13+,18?,21?,28+/m1/s1. The quantitative estimate of drug-likeness (QED) is 0.238. The van der Waals surface area contributed by atoms with Crippen molar-refractivity contribution in [2.24, 2.45) is 23.5 Å². The lowest BCUT2D eigenvalue weighted by Crippen LogP contribution is -2.63. The number of carbonyl (C=O) groups excluding carboxylic acids is 4. The summed E-state index contributed by atoms with van der Waals surface area (Å²) in [5, 5.41) is 46.7. The third-order valence-electron chi connectivity index (χ3n) is 8.04. The minimum Gasteiger partial charge on any atom is -0.508 e. The number of aliphatic hydroxyl groups excluding tert-OH is 2. The number of nitrogens with zero attached hydrogens (tertiary/aromatic N) is 1. The van der Waals surface area contributed by atoms with E-state index < -0.39 is 64.5 Å². The van der Waals surface area contributed by atoms with Crippen molar-refractivity contribution in [2.45, 2.75) is 31.0 Å². The summed E-state index contributed by atoms with van der Waals surface area (Å²) >= 11 is 0. The third-order valence-corrected chi connectivity index (χ3v) is 8.04. The Morgan fingerprint density at radius 1 is 1.12 bits per heavy atom. The van der Waals surface area contributed by atoms with Crippen LogP contribution in [0.1, 0.15) is 28.8 Å². The number of hydrogen-bond acceptors (Lipinski definition) is 10. The largest absolute Gasteiger partial charge is 0.508 e. The highest BCUT2D eigenvalue weighted by Gasteiger charge is 2.62. The van der Waals surface area contributed by atoms with Gasteiger partial charge in [-0.25, -0.2) is 4.79 Å². The molecule has 5 atom stereocenters. The lowest BCUT2D eigenvalue weighted by Gasteiger charge is -2.48. The number of phenolic OH excluding ortho intramolecular Hbond substituents is 1. The molecule has 0 bridgehead atoms. The summed E-state index contributed by atoms with van der Waals surface area (Å²) in [5.41, 5.74) is 3.01. The highest BCUT2D eigenvalue weighted by molar-refractivity contribution is 6.17. The first kappa shape index (κ1) is 27.2. The predicted octanol–water partition coefficient (Wildman–Crippen LogP) is 1.42. The van der Waals surface area contributed by atoms with Crippen LogP contribution in [0.2, 0.25) is 0 Å². The molecule has 3 aliphatic carbocycles. The zero-order valence-electron chi connectivity index (χ0n) is 21.7. The molecular weight excluding hydrogens is 522 g/mol. The summed E-state index contributed by atoms with van der Waals surface area (Å²) in [6.07, 6.45) is -2.36. The Balaban J connectivity index is 1.58. The van der Waals surface area contributed by atoms with Crippen LogP contribution in [0.4, 0.5) is 16.2 Å². The maximum atomic E-state index is 13.9. The van der Waals surface area contributed by atoms with Crippen LogP contribution in [0.3, 0.4) is 0 Å². The predicted molar refractivity (Wildman–Crippen MR) is 141 cm³/mol. The molecule has 0 radical (unpaired) electrons. The summed E-state index contributed by atoms with van der Waals surface area (Å²) < 4.78 is 5.23. The van der Waals surface area contributed by atoms with Crippen LogP contribution in [0.25, 0.3) is 0 Å². The summed E-state index contributed by atoms with van der Waals surface area (Å²) in [7, 11) is 3.43. The molecule has 2 unspecified atom stereocenters. The van der Waals surface area contributed by atoms with Gasteiger partial charge in [0, 0.05) is 31.3 Å². The Kier molecular flexibility index (Phi) is 6.55. The van der Waals surface area contributed by atoms with Crippen LogP contribution in [0.5, 0.6) is 11.5 Å². The van der Waals surface area contributed by atoms with E-state index in [0.717, 1.165) is 0 Å². The van der Waals surface area contributed by atoms with E-state index in [1.807, 2.05) is 0 Å². The number of ether oxygens (including phenoxy) is 1. The molecule has 0 aromatic heterocycles. The van der Waals surface area contributed by atoms with Gasteiger partial charge in [-0.1, -0.05) is 18.2 Å². The molecule has 1 fully saturated rings. The maximum absolute atomic E-state index is 13.9. The van der Waals surface area contributed by atoms with E-state index >= 15 is 0 Å². The van der Waals surface area contributed by atoms with E-state index in [-0.39, 0.29) is 41.8 Å². The number of benzene rings is 2. The molecule has 0 aliphatic heterocycles. The number of aromatic hydroxyl groups is 1. The van der Waals surface area contributed by atoms with Gasteiger partial charge < -0.3 is 35.8 Å². The van der Waals surface area contributed by atoms with Crippen molar-refractivity contribution in [3.63, 3.8) is 0 Å². The van der Waals surface area contributed by atoms with Crippen LogP contribution in [0.15, 0.2) is 47.7 Å². The topological polar surface area (TPSA) is 200 Å². The van der Waals surface area contributed by atoms with Crippen molar-refractivity contribution in [3.05, 3.63) is 58.9 Å². The smallest absolute Gasteiger partial charge is 0.417 e. The van der Waals surface area contributed by atoms with Gasteiger partial charge in [0.2, 0.25) is 5.91 Å². The molecule has 40 heavy (non-hydrogen) atoms. The van der Waals surface area contributed by atoms with Gasteiger partial charge in [-0.2, -0.15) is 0 Å². The first-order chi connectivity index (χ1) is 18.9. The molecule has 2 aromatic carbocycles. The maximum Gasteiger partial charge on any atom is 0.417 e. The summed E-state index contributed by atoms with van der Waals surface area (Å²) in [6, 6.07) is 9.70. The monoisotopic (exact) mass is 551 g/mol. The average Bonchev–Trinajstić information content (AvgIpc) is 2.88.